The first kappa shape index (κ1) is 34.6. The van der Waals surface area contributed by atoms with Gasteiger partial charge in [0.1, 0.15) is 0 Å². The molecule has 0 bridgehead atoms. The minimum absolute atomic E-state index is 0.408. The Bertz CT molecular complexity index is 3230. The van der Waals surface area contributed by atoms with Crippen LogP contribution in [0.15, 0.2) is 176 Å². The Morgan fingerprint density at radius 1 is 0.407 bits per heavy atom. The van der Waals surface area contributed by atoms with Crippen LogP contribution in [0.3, 0.4) is 0 Å². The van der Waals surface area contributed by atoms with Gasteiger partial charge in [-0.25, -0.2) is 14.5 Å². The largest absolute Gasteiger partial charge is 0.329 e. The van der Waals surface area contributed by atoms with Crippen molar-refractivity contribution in [3.63, 3.8) is 0 Å². The van der Waals surface area contributed by atoms with Gasteiger partial charge in [0.2, 0.25) is 5.69 Å². The fraction of sp³-hybridized carbons (Fsp3) is 0. The van der Waals surface area contributed by atoms with E-state index in [4.69, 9.17) is 19.7 Å². The number of para-hydroxylation sites is 4. The highest BCUT2D eigenvalue weighted by Gasteiger charge is 2.23. The zero-order chi connectivity index (χ0) is 40.0. The zero-order valence-electron chi connectivity index (χ0n) is 31.4. The topological polar surface area (TPSA) is 50.0 Å². The van der Waals surface area contributed by atoms with Crippen LogP contribution in [0.25, 0.3) is 80.6 Å². The quantitative estimate of drug-likeness (QED) is 0.159. The van der Waals surface area contributed by atoms with Gasteiger partial charge in [-0.1, -0.05) is 109 Å². The first-order valence-corrected chi connectivity index (χ1v) is 18.9. The lowest BCUT2D eigenvalue weighted by atomic mass is 10.0. The molecule has 10 aromatic rings. The summed E-state index contributed by atoms with van der Waals surface area (Å²) in [5, 5.41) is 14.2. The molecule has 7 heteroatoms. The average molecular weight is 752 g/mol. The molecule has 0 N–H and O–H groups in total. The van der Waals surface area contributed by atoms with Gasteiger partial charge in [-0.15, -0.1) is 0 Å². The standard InChI is InChI=1S/C52H29N7/c1-54-44-18-11-15-36(33-53)51(44)58-47-21-9-7-16-40(47)42-31-38(27-29-49(42)58)57(37-25-23-35(24-26-37)34-13-5-4-6-14-34)39-28-30-50-43(32-39)41-17-8-10-22-48(41)59(50)52-45(55-2)19-12-20-46(52)56-3/h4-32H. The number of nitrogens with zero attached hydrogens (tertiary/aromatic N) is 7. The van der Waals surface area contributed by atoms with Crippen LogP contribution in [0.5, 0.6) is 0 Å². The summed E-state index contributed by atoms with van der Waals surface area (Å²) in [6.07, 6.45) is 0. The summed E-state index contributed by atoms with van der Waals surface area (Å²) in [5.74, 6) is 0. The maximum Gasteiger partial charge on any atom is 0.211 e. The van der Waals surface area contributed by atoms with Gasteiger partial charge in [0, 0.05) is 38.6 Å². The van der Waals surface area contributed by atoms with Crippen LogP contribution >= 0.6 is 0 Å². The van der Waals surface area contributed by atoms with Crippen molar-refractivity contribution in [1.82, 2.24) is 9.13 Å². The molecule has 0 spiro atoms. The molecule has 10 rings (SSSR count). The maximum atomic E-state index is 10.2. The number of hydrogen-bond acceptors (Lipinski definition) is 2. The highest BCUT2D eigenvalue weighted by atomic mass is 15.1. The van der Waals surface area contributed by atoms with E-state index >= 15 is 0 Å². The van der Waals surface area contributed by atoms with Gasteiger partial charge in [0.15, 0.2) is 11.4 Å². The van der Waals surface area contributed by atoms with Crippen molar-refractivity contribution in [3.8, 4) is 28.6 Å². The second kappa shape index (κ2) is 14.0. The van der Waals surface area contributed by atoms with Gasteiger partial charge in [0.25, 0.3) is 0 Å². The Hall–Kier alpha value is -8.88. The molecular formula is C52H29N7. The second-order valence-corrected chi connectivity index (χ2v) is 14.1. The third-order valence-electron chi connectivity index (χ3n) is 11.0. The van der Waals surface area contributed by atoms with Crippen molar-refractivity contribution in [2.45, 2.75) is 0 Å². The van der Waals surface area contributed by atoms with Crippen molar-refractivity contribution in [2.75, 3.05) is 4.90 Å². The van der Waals surface area contributed by atoms with Gasteiger partial charge in [-0.2, -0.15) is 5.26 Å². The van der Waals surface area contributed by atoms with E-state index in [1.165, 1.54) is 0 Å². The Morgan fingerprint density at radius 3 is 1.39 bits per heavy atom. The van der Waals surface area contributed by atoms with Crippen molar-refractivity contribution in [1.29, 1.82) is 5.26 Å². The van der Waals surface area contributed by atoms with Crippen LogP contribution in [-0.2, 0) is 0 Å². The maximum absolute atomic E-state index is 10.2. The van der Waals surface area contributed by atoms with Crippen molar-refractivity contribution in [3.05, 3.63) is 216 Å². The average Bonchev–Trinajstić information content (AvgIpc) is 3.80. The number of benzene rings is 8. The molecule has 0 saturated heterocycles. The molecule has 2 aromatic heterocycles. The van der Waals surface area contributed by atoms with Crippen molar-refractivity contribution in [2.24, 2.45) is 0 Å². The lowest BCUT2D eigenvalue weighted by Crippen LogP contribution is -2.10. The summed E-state index contributed by atoms with van der Waals surface area (Å²) in [7, 11) is 0. The molecular weight excluding hydrogens is 723 g/mol. The van der Waals surface area contributed by atoms with Gasteiger partial charge in [0.05, 0.1) is 64.8 Å². The molecule has 8 aromatic carbocycles. The number of hydrogen-bond donors (Lipinski definition) is 0. The van der Waals surface area contributed by atoms with Crippen LogP contribution in [-0.4, -0.2) is 9.13 Å². The van der Waals surface area contributed by atoms with Gasteiger partial charge >= 0.3 is 0 Å². The van der Waals surface area contributed by atoms with E-state index in [9.17, 15) is 5.26 Å². The lowest BCUT2D eigenvalue weighted by Gasteiger charge is -2.26. The fourth-order valence-corrected chi connectivity index (χ4v) is 8.44. The number of fused-ring (bicyclic) bond motifs is 6. The third-order valence-corrected chi connectivity index (χ3v) is 11.0. The van der Waals surface area contributed by atoms with Crippen LogP contribution in [0.4, 0.5) is 34.1 Å². The van der Waals surface area contributed by atoms with E-state index in [1.807, 2.05) is 63.7 Å². The molecule has 0 radical (unpaired) electrons. The summed E-state index contributed by atoms with van der Waals surface area (Å²) in [6.45, 7) is 24.0. The number of nitriles is 1. The van der Waals surface area contributed by atoms with E-state index in [0.29, 0.717) is 34.0 Å². The number of anilines is 3. The number of aromatic nitrogens is 2. The van der Waals surface area contributed by atoms with Crippen LogP contribution in [0, 0.1) is 31.0 Å². The van der Waals surface area contributed by atoms with Crippen LogP contribution in [0.2, 0.25) is 0 Å². The third kappa shape index (κ3) is 5.48. The lowest BCUT2D eigenvalue weighted by molar-refractivity contribution is 1.17. The summed E-state index contributed by atoms with van der Waals surface area (Å²) in [6, 6.07) is 60.8. The normalized spacial score (nSPS) is 11.0. The molecule has 7 nitrogen and oxygen atoms in total. The summed E-state index contributed by atoms with van der Waals surface area (Å²) < 4.78 is 4.09. The molecule has 0 aliphatic rings. The predicted molar refractivity (Wildman–Crippen MR) is 239 cm³/mol. The SMILES string of the molecule is [C-]#[N+]c1cccc(C#N)c1-n1c2ccccc2c2cc(N(c3ccc(-c4ccccc4)cc3)c3ccc4c(c3)c3ccccc3n4-c3c([N+]#[C-])cccc3[N+]#[C-])ccc21. The highest BCUT2D eigenvalue weighted by molar-refractivity contribution is 6.13. The van der Waals surface area contributed by atoms with Crippen molar-refractivity contribution < 1.29 is 0 Å². The van der Waals surface area contributed by atoms with Gasteiger partial charge < -0.3 is 14.0 Å². The minimum Gasteiger partial charge on any atom is -0.329 e. The fourth-order valence-electron chi connectivity index (χ4n) is 8.44. The molecule has 272 valence electrons. The highest BCUT2D eigenvalue weighted by Crippen LogP contribution is 2.45. The second-order valence-electron chi connectivity index (χ2n) is 14.1. The van der Waals surface area contributed by atoms with E-state index in [-0.39, 0.29) is 0 Å². The Balaban J connectivity index is 1.23. The Labute approximate surface area is 340 Å². The van der Waals surface area contributed by atoms with E-state index in [1.54, 1.807) is 36.4 Å². The molecule has 0 amide bonds. The molecule has 0 saturated carbocycles. The van der Waals surface area contributed by atoms with Crippen LogP contribution in [0.1, 0.15) is 5.56 Å². The van der Waals surface area contributed by atoms with Gasteiger partial charge in [-0.05, 0) is 77.9 Å². The molecule has 0 fully saturated rings. The zero-order valence-corrected chi connectivity index (χ0v) is 31.4. The molecule has 0 aliphatic carbocycles. The van der Waals surface area contributed by atoms with Gasteiger partial charge in [-0.3, -0.25) is 0 Å². The minimum atomic E-state index is 0.408. The first-order valence-electron chi connectivity index (χ1n) is 18.9. The summed E-state index contributed by atoms with van der Waals surface area (Å²) in [4.78, 5) is 13.7. The molecule has 0 atom stereocenters. The molecule has 59 heavy (non-hydrogen) atoms. The summed E-state index contributed by atoms with van der Waals surface area (Å²) >= 11 is 0. The number of rotatable bonds is 6. The molecule has 0 aliphatic heterocycles. The Kier molecular flexibility index (Phi) is 8.21. The molecule has 0 unspecified atom stereocenters. The monoisotopic (exact) mass is 751 g/mol. The van der Waals surface area contributed by atoms with E-state index < -0.39 is 0 Å². The smallest absolute Gasteiger partial charge is 0.211 e. The van der Waals surface area contributed by atoms with Crippen molar-refractivity contribution >= 4 is 77.7 Å². The molecule has 2 heterocycles. The van der Waals surface area contributed by atoms with E-state index in [0.717, 1.165) is 71.8 Å². The Morgan fingerprint density at radius 2 is 0.847 bits per heavy atom. The predicted octanol–water partition coefficient (Wildman–Crippen LogP) is 14.5. The summed E-state index contributed by atoms with van der Waals surface area (Å²) in [5.41, 5.74) is 11.4. The van der Waals surface area contributed by atoms with Crippen LogP contribution < -0.4 is 4.90 Å². The van der Waals surface area contributed by atoms with E-state index in [2.05, 4.69) is 110 Å². The first-order chi connectivity index (χ1) is 29.1.